The second-order valence-corrected chi connectivity index (χ2v) is 6.04. The average Bonchev–Trinajstić information content (AvgIpc) is 2.12. The first-order valence-corrected chi connectivity index (χ1v) is 6.37. The van der Waals surface area contributed by atoms with Gasteiger partial charge in [-0.05, 0) is 24.7 Å². The van der Waals surface area contributed by atoms with Crippen molar-refractivity contribution in [2.75, 3.05) is 20.8 Å². The van der Waals surface area contributed by atoms with Crippen molar-refractivity contribution in [2.24, 2.45) is 17.3 Å². The molecule has 0 bridgehead atoms. The van der Waals surface area contributed by atoms with Crippen LogP contribution in [0.1, 0.15) is 47.5 Å². The lowest BCUT2D eigenvalue weighted by atomic mass is 9.75. The van der Waals surface area contributed by atoms with Gasteiger partial charge in [0.25, 0.3) is 0 Å². The Balaban J connectivity index is 4.67. The third kappa shape index (κ3) is 5.31. The third-order valence-electron chi connectivity index (χ3n) is 3.10. The fraction of sp³-hybridized carbons (Fsp3) is 1.00. The molecule has 0 amide bonds. The van der Waals surface area contributed by atoms with Crippen molar-refractivity contribution in [1.82, 2.24) is 0 Å². The van der Waals surface area contributed by atoms with Gasteiger partial charge in [-0.15, -0.1) is 0 Å². The summed E-state index contributed by atoms with van der Waals surface area (Å²) in [6.45, 7) is 12.1. The standard InChI is InChI=1S/C14H30O2/c1-11(2)8-13(16-7)14(5,10-15-6)9-12(3)4/h11-13H,8-10H2,1-7H3. The van der Waals surface area contributed by atoms with E-state index >= 15 is 0 Å². The molecule has 0 N–H and O–H groups in total. The van der Waals surface area contributed by atoms with Gasteiger partial charge in [-0.25, -0.2) is 0 Å². The first-order valence-electron chi connectivity index (χ1n) is 6.37. The van der Waals surface area contributed by atoms with E-state index in [1.807, 2.05) is 7.11 Å². The molecule has 0 radical (unpaired) electrons. The average molecular weight is 230 g/mol. The second-order valence-electron chi connectivity index (χ2n) is 6.04. The minimum atomic E-state index is 0.127. The lowest BCUT2D eigenvalue weighted by molar-refractivity contribution is -0.0643. The predicted octanol–water partition coefficient (Wildman–Crippen LogP) is 3.75. The van der Waals surface area contributed by atoms with Crippen molar-refractivity contribution in [3.05, 3.63) is 0 Å². The maximum atomic E-state index is 5.70. The van der Waals surface area contributed by atoms with Crippen molar-refractivity contribution in [2.45, 2.75) is 53.6 Å². The maximum absolute atomic E-state index is 5.70. The Morgan fingerprint density at radius 1 is 1.00 bits per heavy atom. The maximum Gasteiger partial charge on any atom is 0.0649 e. The highest BCUT2D eigenvalue weighted by Gasteiger charge is 2.35. The summed E-state index contributed by atoms with van der Waals surface area (Å²) in [7, 11) is 3.60. The van der Waals surface area contributed by atoms with E-state index in [0.29, 0.717) is 11.8 Å². The Bertz CT molecular complexity index is 178. The summed E-state index contributed by atoms with van der Waals surface area (Å²) in [5.41, 5.74) is 0.127. The van der Waals surface area contributed by atoms with Gasteiger partial charge in [0.15, 0.2) is 0 Å². The molecule has 2 heteroatoms. The molecule has 2 unspecified atom stereocenters. The first-order chi connectivity index (χ1) is 7.35. The van der Waals surface area contributed by atoms with Gasteiger partial charge in [0.05, 0.1) is 12.7 Å². The number of hydrogen-bond donors (Lipinski definition) is 0. The molecule has 0 aromatic carbocycles. The Morgan fingerprint density at radius 3 is 1.88 bits per heavy atom. The third-order valence-corrected chi connectivity index (χ3v) is 3.10. The molecule has 0 aliphatic rings. The molecule has 0 spiro atoms. The molecule has 98 valence electrons. The highest BCUT2D eigenvalue weighted by Crippen LogP contribution is 2.35. The van der Waals surface area contributed by atoms with Crippen LogP contribution in [0.3, 0.4) is 0 Å². The van der Waals surface area contributed by atoms with Crippen LogP contribution in [0.15, 0.2) is 0 Å². The van der Waals surface area contributed by atoms with E-state index < -0.39 is 0 Å². The zero-order valence-electron chi connectivity index (χ0n) is 12.2. The van der Waals surface area contributed by atoms with Crippen LogP contribution in [0.5, 0.6) is 0 Å². The van der Waals surface area contributed by atoms with Gasteiger partial charge in [-0.2, -0.15) is 0 Å². The van der Waals surface area contributed by atoms with Crippen LogP contribution >= 0.6 is 0 Å². The highest BCUT2D eigenvalue weighted by molar-refractivity contribution is 4.85. The SMILES string of the molecule is COCC(C)(CC(C)C)C(CC(C)C)OC. The summed E-state index contributed by atoms with van der Waals surface area (Å²) in [4.78, 5) is 0. The molecular weight excluding hydrogens is 200 g/mol. The van der Waals surface area contributed by atoms with Gasteiger partial charge < -0.3 is 9.47 Å². The van der Waals surface area contributed by atoms with Crippen LogP contribution in [0.2, 0.25) is 0 Å². The zero-order valence-corrected chi connectivity index (χ0v) is 12.2. The van der Waals surface area contributed by atoms with Crippen molar-refractivity contribution in [3.63, 3.8) is 0 Å². The molecule has 0 heterocycles. The number of hydrogen-bond acceptors (Lipinski definition) is 2. The fourth-order valence-corrected chi connectivity index (χ4v) is 2.64. The summed E-state index contributed by atoms with van der Waals surface area (Å²) < 4.78 is 11.1. The van der Waals surface area contributed by atoms with Gasteiger partial charge >= 0.3 is 0 Å². The van der Waals surface area contributed by atoms with Crippen LogP contribution in [0, 0.1) is 17.3 Å². The molecule has 2 nitrogen and oxygen atoms in total. The quantitative estimate of drug-likeness (QED) is 0.632. The predicted molar refractivity (Wildman–Crippen MR) is 69.7 cm³/mol. The van der Waals surface area contributed by atoms with Crippen LogP contribution in [-0.4, -0.2) is 26.9 Å². The highest BCUT2D eigenvalue weighted by atomic mass is 16.5. The Labute approximate surface area is 102 Å². The van der Waals surface area contributed by atoms with E-state index in [1.54, 1.807) is 7.11 Å². The fourth-order valence-electron chi connectivity index (χ4n) is 2.64. The summed E-state index contributed by atoms with van der Waals surface area (Å²) >= 11 is 0. The number of methoxy groups -OCH3 is 2. The van der Waals surface area contributed by atoms with Gasteiger partial charge in [-0.3, -0.25) is 0 Å². The summed E-state index contributed by atoms with van der Waals surface area (Å²) in [6, 6.07) is 0. The largest absolute Gasteiger partial charge is 0.384 e. The van der Waals surface area contributed by atoms with E-state index in [4.69, 9.17) is 9.47 Å². The Kier molecular flexibility index (Phi) is 7.25. The molecule has 2 atom stereocenters. The lowest BCUT2D eigenvalue weighted by Crippen LogP contribution is -2.40. The van der Waals surface area contributed by atoms with Gasteiger partial charge in [0.1, 0.15) is 0 Å². The molecule has 0 saturated heterocycles. The van der Waals surface area contributed by atoms with E-state index in [1.165, 1.54) is 0 Å². The molecule has 0 fully saturated rings. The Hall–Kier alpha value is -0.0800. The molecule has 0 aliphatic carbocycles. The summed E-state index contributed by atoms with van der Waals surface area (Å²) in [6.07, 6.45) is 2.53. The molecule has 0 saturated carbocycles. The van der Waals surface area contributed by atoms with Crippen molar-refractivity contribution >= 4 is 0 Å². The van der Waals surface area contributed by atoms with E-state index in [0.717, 1.165) is 19.4 Å². The minimum Gasteiger partial charge on any atom is -0.384 e. The van der Waals surface area contributed by atoms with Crippen LogP contribution in [-0.2, 0) is 9.47 Å². The minimum absolute atomic E-state index is 0.127. The van der Waals surface area contributed by atoms with Crippen LogP contribution < -0.4 is 0 Å². The van der Waals surface area contributed by atoms with Crippen molar-refractivity contribution in [1.29, 1.82) is 0 Å². The smallest absolute Gasteiger partial charge is 0.0649 e. The number of ether oxygens (including phenoxy) is 2. The topological polar surface area (TPSA) is 18.5 Å². The molecule has 0 aromatic rings. The van der Waals surface area contributed by atoms with Gasteiger partial charge in [0.2, 0.25) is 0 Å². The monoisotopic (exact) mass is 230 g/mol. The lowest BCUT2D eigenvalue weighted by Gasteiger charge is -2.38. The number of rotatable bonds is 8. The second kappa shape index (κ2) is 7.29. The van der Waals surface area contributed by atoms with Crippen LogP contribution in [0.25, 0.3) is 0 Å². The van der Waals surface area contributed by atoms with Gasteiger partial charge in [0, 0.05) is 19.6 Å². The summed E-state index contributed by atoms with van der Waals surface area (Å²) in [5, 5.41) is 0. The molecule has 16 heavy (non-hydrogen) atoms. The van der Waals surface area contributed by atoms with E-state index in [-0.39, 0.29) is 11.5 Å². The van der Waals surface area contributed by atoms with Crippen LogP contribution in [0.4, 0.5) is 0 Å². The molecule has 0 rings (SSSR count). The van der Waals surface area contributed by atoms with Crippen molar-refractivity contribution < 1.29 is 9.47 Å². The molecule has 0 aliphatic heterocycles. The van der Waals surface area contributed by atoms with E-state index in [2.05, 4.69) is 34.6 Å². The summed E-state index contributed by atoms with van der Waals surface area (Å²) in [5.74, 6) is 1.33. The van der Waals surface area contributed by atoms with Gasteiger partial charge in [-0.1, -0.05) is 34.6 Å². The van der Waals surface area contributed by atoms with Crippen molar-refractivity contribution in [3.8, 4) is 0 Å². The van der Waals surface area contributed by atoms with E-state index in [9.17, 15) is 0 Å². The molecular formula is C14H30O2. The normalized spacial score (nSPS) is 17.8. The Morgan fingerprint density at radius 2 is 1.56 bits per heavy atom. The molecule has 0 aromatic heterocycles. The zero-order chi connectivity index (χ0) is 12.8. The first kappa shape index (κ1) is 15.9.